The first kappa shape index (κ1) is 14.2. The fraction of sp³-hybridized carbons (Fsp3) is 1.00. The van der Waals surface area contributed by atoms with Crippen molar-refractivity contribution in [3.05, 3.63) is 0 Å². The van der Waals surface area contributed by atoms with E-state index in [-0.39, 0.29) is 5.60 Å². The molecule has 0 fully saturated rings. The Morgan fingerprint density at radius 2 is 1.57 bits per heavy atom. The van der Waals surface area contributed by atoms with Gasteiger partial charge < -0.3 is 4.43 Å². The molecule has 0 aromatic heterocycles. The standard InChI is InChI=1S/C12H28OSi/c1-6-7-8-9-10-11-12(2,3)13-14(4)5/h14H,6-11H2,1-5H3. The molecule has 0 bridgehead atoms. The molecular weight excluding hydrogens is 188 g/mol. The Balaban J connectivity index is 3.45. The molecule has 0 aromatic rings. The van der Waals surface area contributed by atoms with Crippen molar-refractivity contribution in [3.63, 3.8) is 0 Å². The number of rotatable bonds is 8. The van der Waals surface area contributed by atoms with Crippen molar-refractivity contribution in [2.45, 2.75) is 78.0 Å². The summed E-state index contributed by atoms with van der Waals surface area (Å²) in [5.74, 6) is 0. The monoisotopic (exact) mass is 216 g/mol. The minimum Gasteiger partial charge on any atom is -0.416 e. The van der Waals surface area contributed by atoms with Crippen LogP contribution in [0.15, 0.2) is 0 Å². The van der Waals surface area contributed by atoms with Crippen molar-refractivity contribution in [2.75, 3.05) is 0 Å². The van der Waals surface area contributed by atoms with E-state index in [9.17, 15) is 0 Å². The van der Waals surface area contributed by atoms with Crippen LogP contribution >= 0.6 is 0 Å². The van der Waals surface area contributed by atoms with Gasteiger partial charge in [0.05, 0.1) is 5.60 Å². The van der Waals surface area contributed by atoms with Crippen molar-refractivity contribution in [3.8, 4) is 0 Å². The summed E-state index contributed by atoms with van der Waals surface area (Å²) in [5, 5.41) is 0. The van der Waals surface area contributed by atoms with E-state index in [1.54, 1.807) is 0 Å². The van der Waals surface area contributed by atoms with Gasteiger partial charge in [-0.15, -0.1) is 0 Å². The van der Waals surface area contributed by atoms with Crippen LogP contribution in [0.3, 0.4) is 0 Å². The minimum absolute atomic E-state index is 0.132. The van der Waals surface area contributed by atoms with Crippen molar-refractivity contribution < 1.29 is 4.43 Å². The first-order chi connectivity index (χ1) is 6.48. The van der Waals surface area contributed by atoms with E-state index >= 15 is 0 Å². The second-order valence-corrected chi connectivity index (χ2v) is 7.42. The van der Waals surface area contributed by atoms with Crippen LogP contribution in [0.5, 0.6) is 0 Å². The van der Waals surface area contributed by atoms with Gasteiger partial charge >= 0.3 is 0 Å². The lowest BCUT2D eigenvalue weighted by Gasteiger charge is -2.28. The van der Waals surface area contributed by atoms with E-state index in [1.807, 2.05) is 0 Å². The minimum atomic E-state index is -0.860. The molecule has 2 heteroatoms. The zero-order valence-electron chi connectivity index (χ0n) is 10.7. The fourth-order valence-corrected chi connectivity index (χ4v) is 3.25. The largest absolute Gasteiger partial charge is 0.416 e. The Morgan fingerprint density at radius 1 is 1.00 bits per heavy atom. The van der Waals surface area contributed by atoms with Crippen LogP contribution in [-0.2, 0) is 4.43 Å². The summed E-state index contributed by atoms with van der Waals surface area (Å²) in [4.78, 5) is 0. The van der Waals surface area contributed by atoms with Crippen molar-refractivity contribution in [2.24, 2.45) is 0 Å². The van der Waals surface area contributed by atoms with Crippen LogP contribution in [-0.4, -0.2) is 14.6 Å². The lowest BCUT2D eigenvalue weighted by molar-refractivity contribution is 0.0961. The van der Waals surface area contributed by atoms with Crippen LogP contribution in [0.1, 0.15) is 59.3 Å². The molecule has 0 amide bonds. The smallest absolute Gasteiger partial charge is 0.171 e. The van der Waals surface area contributed by atoms with Crippen LogP contribution in [0.2, 0.25) is 13.1 Å². The van der Waals surface area contributed by atoms with Crippen molar-refractivity contribution in [1.29, 1.82) is 0 Å². The van der Waals surface area contributed by atoms with Gasteiger partial charge in [-0.1, -0.05) is 39.0 Å². The summed E-state index contributed by atoms with van der Waals surface area (Å²) >= 11 is 0. The highest BCUT2D eigenvalue weighted by atomic mass is 28.3. The van der Waals surface area contributed by atoms with Gasteiger partial charge in [0.2, 0.25) is 0 Å². The van der Waals surface area contributed by atoms with E-state index in [0.717, 1.165) is 0 Å². The maximum Gasteiger partial charge on any atom is 0.171 e. The third kappa shape index (κ3) is 8.76. The Labute approximate surface area is 92.0 Å². The third-order valence-corrected chi connectivity index (χ3v) is 3.55. The lowest BCUT2D eigenvalue weighted by atomic mass is 10.00. The third-order valence-electron chi connectivity index (χ3n) is 2.44. The highest BCUT2D eigenvalue weighted by Gasteiger charge is 2.18. The van der Waals surface area contributed by atoms with E-state index < -0.39 is 9.04 Å². The quantitative estimate of drug-likeness (QED) is 0.438. The average Bonchev–Trinajstić information content (AvgIpc) is 2.01. The predicted octanol–water partition coefficient (Wildman–Crippen LogP) is 4.13. The van der Waals surface area contributed by atoms with E-state index in [1.165, 1.54) is 38.5 Å². The SMILES string of the molecule is CCCCCCCC(C)(C)O[SiH](C)C. The maximum absolute atomic E-state index is 5.98. The molecule has 1 nitrogen and oxygen atoms in total. The molecule has 14 heavy (non-hydrogen) atoms. The number of unbranched alkanes of at least 4 members (excludes halogenated alkanes) is 4. The molecule has 0 radical (unpaired) electrons. The second-order valence-electron chi connectivity index (χ2n) is 5.09. The van der Waals surface area contributed by atoms with E-state index in [0.29, 0.717) is 0 Å². The molecule has 0 saturated carbocycles. The molecule has 0 atom stereocenters. The van der Waals surface area contributed by atoms with Gasteiger partial charge in [-0.2, -0.15) is 0 Å². The lowest BCUT2D eigenvalue weighted by Crippen LogP contribution is -2.29. The topological polar surface area (TPSA) is 9.23 Å². The van der Waals surface area contributed by atoms with Gasteiger partial charge in [0, 0.05) is 0 Å². The van der Waals surface area contributed by atoms with Crippen LogP contribution < -0.4 is 0 Å². The Bertz CT molecular complexity index is 132. The second kappa shape index (κ2) is 7.47. The summed E-state index contributed by atoms with van der Waals surface area (Å²) in [7, 11) is -0.860. The molecule has 0 aliphatic heterocycles. The average molecular weight is 216 g/mol. The van der Waals surface area contributed by atoms with Gasteiger partial charge in [0.15, 0.2) is 9.04 Å². The Morgan fingerprint density at radius 3 is 2.07 bits per heavy atom. The van der Waals surface area contributed by atoms with Crippen LogP contribution in [0.25, 0.3) is 0 Å². The number of hydrogen-bond acceptors (Lipinski definition) is 1. The molecule has 0 unspecified atom stereocenters. The highest BCUT2D eigenvalue weighted by molar-refractivity contribution is 6.48. The molecule has 0 aliphatic rings. The molecule has 0 aliphatic carbocycles. The number of hydrogen-bond donors (Lipinski definition) is 0. The van der Waals surface area contributed by atoms with Crippen LogP contribution in [0, 0.1) is 0 Å². The van der Waals surface area contributed by atoms with Gasteiger partial charge in [0.25, 0.3) is 0 Å². The Kier molecular flexibility index (Phi) is 7.56. The highest BCUT2D eigenvalue weighted by Crippen LogP contribution is 2.20. The van der Waals surface area contributed by atoms with Gasteiger partial charge in [-0.25, -0.2) is 0 Å². The Hall–Kier alpha value is 0.177. The van der Waals surface area contributed by atoms with Gasteiger partial charge in [0.1, 0.15) is 0 Å². The molecule has 0 saturated heterocycles. The molecule has 0 aromatic carbocycles. The zero-order valence-corrected chi connectivity index (χ0v) is 11.9. The molecular formula is C12H28OSi. The molecule has 0 spiro atoms. The predicted molar refractivity (Wildman–Crippen MR) is 67.4 cm³/mol. The first-order valence-electron chi connectivity index (χ1n) is 6.16. The fourth-order valence-electron chi connectivity index (χ4n) is 1.85. The van der Waals surface area contributed by atoms with Gasteiger partial charge in [-0.05, 0) is 33.4 Å². The summed E-state index contributed by atoms with van der Waals surface area (Å²) in [6.07, 6.45) is 8.04. The normalized spacial score (nSPS) is 12.4. The molecule has 0 rings (SSSR count). The van der Waals surface area contributed by atoms with E-state index in [4.69, 9.17) is 4.43 Å². The maximum atomic E-state index is 5.98. The zero-order chi connectivity index (χ0) is 11.0. The summed E-state index contributed by atoms with van der Waals surface area (Å²) < 4.78 is 5.98. The molecule has 0 heterocycles. The summed E-state index contributed by atoms with van der Waals surface area (Å²) in [5.41, 5.74) is 0.132. The molecule has 86 valence electrons. The van der Waals surface area contributed by atoms with Crippen molar-refractivity contribution >= 4 is 9.04 Å². The van der Waals surface area contributed by atoms with Gasteiger partial charge in [-0.3, -0.25) is 0 Å². The van der Waals surface area contributed by atoms with Crippen LogP contribution in [0.4, 0.5) is 0 Å². The van der Waals surface area contributed by atoms with E-state index in [2.05, 4.69) is 33.9 Å². The summed E-state index contributed by atoms with van der Waals surface area (Å²) in [6, 6.07) is 0. The summed E-state index contributed by atoms with van der Waals surface area (Å²) in [6.45, 7) is 11.2. The first-order valence-corrected chi connectivity index (χ1v) is 8.94. The van der Waals surface area contributed by atoms with Crippen molar-refractivity contribution in [1.82, 2.24) is 0 Å². The molecule has 0 N–H and O–H groups in total.